The van der Waals surface area contributed by atoms with Crippen LogP contribution in [0.15, 0.2) is 29.2 Å². The van der Waals surface area contributed by atoms with E-state index < -0.39 is 15.3 Å². The smallest absolute Gasteiger partial charge is 0.253 e. The lowest BCUT2D eigenvalue weighted by atomic mass is 9.94. The first kappa shape index (κ1) is 18.4. The molecule has 0 saturated carbocycles. The molecule has 0 spiro atoms. The minimum absolute atomic E-state index is 0.0899. The second kappa shape index (κ2) is 6.55. The van der Waals surface area contributed by atoms with Gasteiger partial charge in [-0.3, -0.25) is 9.59 Å². The molecule has 1 aromatic rings. The number of piperazine rings is 1. The lowest BCUT2D eigenvalue weighted by Gasteiger charge is -2.37. The molecule has 24 heavy (non-hydrogen) atoms. The lowest BCUT2D eigenvalue weighted by molar-refractivity contribution is -0.140. The van der Waals surface area contributed by atoms with Crippen molar-refractivity contribution in [2.45, 2.75) is 25.7 Å². The Morgan fingerprint density at radius 3 is 1.79 bits per heavy atom. The SMILES string of the molecule is CC(C)(C)C(=O)N1CCN(C(=O)c2ccc(S(C)(=O)=O)cc2)CC1. The second-order valence-electron chi connectivity index (χ2n) is 7.13. The predicted octanol–water partition coefficient (Wildman–Crippen LogP) is 1.42. The van der Waals surface area contributed by atoms with Crippen molar-refractivity contribution < 1.29 is 18.0 Å². The van der Waals surface area contributed by atoms with Crippen LogP contribution in [-0.2, 0) is 14.6 Å². The molecule has 0 radical (unpaired) electrons. The van der Waals surface area contributed by atoms with Gasteiger partial charge >= 0.3 is 0 Å². The highest BCUT2D eigenvalue weighted by atomic mass is 32.2. The van der Waals surface area contributed by atoms with Gasteiger partial charge < -0.3 is 9.80 Å². The highest BCUT2D eigenvalue weighted by Gasteiger charge is 2.31. The standard InChI is InChI=1S/C17H24N2O4S/c1-17(2,3)16(21)19-11-9-18(10-12-19)15(20)13-5-7-14(8-6-13)24(4,22)23/h5-8H,9-12H2,1-4H3. The van der Waals surface area contributed by atoms with E-state index in [0.29, 0.717) is 31.7 Å². The summed E-state index contributed by atoms with van der Waals surface area (Å²) in [5.74, 6) is -0.0509. The summed E-state index contributed by atoms with van der Waals surface area (Å²) in [5, 5.41) is 0. The number of hydrogen-bond donors (Lipinski definition) is 0. The minimum atomic E-state index is -3.27. The van der Waals surface area contributed by atoms with E-state index in [2.05, 4.69) is 0 Å². The fourth-order valence-electron chi connectivity index (χ4n) is 2.61. The molecule has 1 aliphatic rings. The number of hydrogen-bond acceptors (Lipinski definition) is 4. The topological polar surface area (TPSA) is 74.8 Å². The summed E-state index contributed by atoms with van der Waals surface area (Å²) in [6, 6.07) is 5.96. The fourth-order valence-corrected chi connectivity index (χ4v) is 3.24. The molecule has 0 aromatic heterocycles. The molecule has 0 unspecified atom stereocenters. The molecule has 1 fully saturated rings. The van der Waals surface area contributed by atoms with E-state index in [1.165, 1.54) is 24.3 Å². The van der Waals surface area contributed by atoms with E-state index in [0.717, 1.165) is 6.26 Å². The molecule has 132 valence electrons. The van der Waals surface area contributed by atoms with Crippen LogP contribution in [0.25, 0.3) is 0 Å². The molecule has 0 N–H and O–H groups in total. The Hall–Kier alpha value is -1.89. The molecule has 1 saturated heterocycles. The van der Waals surface area contributed by atoms with Crippen LogP contribution in [0.5, 0.6) is 0 Å². The van der Waals surface area contributed by atoms with Crippen LogP contribution in [0.4, 0.5) is 0 Å². The summed E-state index contributed by atoms with van der Waals surface area (Å²) in [5.41, 5.74) is 0.0335. The highest BCUT2D eigenvalue weighted by molar-refractivity contribution is 7.90. The zero-order valence-corrected chi connectivity index (χ0v) is 15.4. The van der Waals surface area contributed by atoms with Gasteiger partial charge in [0.15, 0.2) is 9.84 Å². The summed E-state index contributed by atoms with van der Waals surface area (Å²) in [6.45, 7) is 7.65. The average Bonchev–Trinajstić information content (AvgIpc) is 2.52. The van der Waals surface area contributed by atoms with Crippen LogP contribution in [0.3, 0.4) is 0 Å². The Kier molecular flexibility index (Phi) is 5.03. The molecule has 1 aliphatic heterocycles. The van der Waals surface area contributed by atoms with Crippen LogP contribution < -0.4 is 0 Å². The number of nitrogens with zero attached hydrogens (tertiary/aromatic N) is 2. The van der Waals surface area contributed by atoms with Gasteiger partial charge in [-0.1, -0.05) is 20.8 Å². The molecule has 0 aliphatic carbocycles. The number of sulfone groups is 1. The molecular weight excluding hydrogens is 328 g/mol. The Balaban J connectivity index is 2.02. The van der Waals surface area contributed by atoms with Gasteiger partial charge in [-0.2, -0.15) is 0 Å². The second-order valence-corrected chi connectivity index (χ2v) is 9.15. The van der Waals surface area contributed by atoms with Crippen LogP contribution in [0.2, 0.25) is 0 Å². The van der Waals surface area contributed by atoms with E-state index in [-0.39, 0.29) is 16.7 Å². The van der Waals surface area contributed by atoms with Crippen molar-refractivity contribution in [3.63, 3.8) is 0 Å². The average molecular weight is 352 g/mol. The summed E-state index contributed by atoms with van der Waals surface area (Å²) in [7, 11) is -3.27. The first-order chi connectivity index (χ1) is 11.0. The normalized spacial score (nSPS) is 16.2. The van der Waals surface area contributed by atoms with E-state index in [4.69, 9.17) is 0 Å². The Bertz CT molecular complexity index is 725. The molecule has 1 aromatic carbocycles. The number of amides is 2. The van der Waals surface area contributed by atoms with Crippen LogP contribution in [0, 0.1) is 5.41 Å². The summed E-state index contributed by atoms with van der Waals surface area (Å²) in [6.07, 6.45) is 1.13. The van der Waals surface area contributed by atoms with Gasteiger partial charge in [-0.25, -0.2) is 8.42 Å². The van der Waals surface area contributed by atoms with Crippen molar-refractivity contribution in [3.05, 3.63) is 29.8 Å². The third kappa shape index (κ3) is 4.14. The Morgan fingerprint density at radius 2 is 1.38 bits per heavy atom. The summed E-state index contributed by atoms with van der Waals surface area (Å²) in [4.78, 5) is 28.4. The molecule has 1 heterocycles. The van der Waals surface area contributed by atoms with Crippen molar-refractivity contribution in [1.29, 1.82) is 0 Å². The first-order valence-electron chi connectivity index (χ1n) is 7.89. The van der Waals surface area contributed by atoms with Gasteiger partial charge in [0, 0.05) is 43.4 Å². The molecule has 7 heteroatoms. The lowest BCUT2D eigenvalue weighted by Crippen LogP contribution is -2.53. The summed E-state index contributed by atoms with van der Waals surface area (Å²) < 4.78 is 22.9. The molecule has 6 nitrogen and oxygen atoms in total. The predicted molar refractivity (Wildman–Crippen MR) is 91.5 cm³/mol. The number of benzene rings is 1. The maximum Gasteiger partial charge on any atom is 0.253 e. The quantitative estimate of drug-likeness (QED) is 0.807. The molecule has 0 bridgehead atoms. The van der Waals surface area contributed by atoms with Gasteiger partial charge in [0.05, 0.1) is 4.90 Å². The van der Waals surface area contributed by atoms with E-state index in [9.17, 15) is 18.0 Å². The van der Waals surface area contributed by atoms with E-state index in [1.807, 2.05) is 20.8 Å². The van der Waals surface area contributed by atoms with Gasteiger partial charge in [0.25, 0.3) is 5.91 Å². The largest absolute Gasteiger partial charge is 0.339 e. The number of rotatable bonds is 2. The van der Waals surface area contributed by atoms with E-state index in [1.54, 1.807) is 9.80 Å². The van der Waals surface area contributed by atoms with Gasteiger partial charge in [0.2, 0.25) is 5.91 Å². The van der Waals surface area contributed by atoms with Crippen molar-refractivity contribution in [1.82, 2.24) is 9.80 Å². The highest BCUT2D eigenvalue weighted by Crippen LogP contribution is 2.19. The zero-order chi connectivity index (χ0) is 18.1. The molecule has 0 atom stereocenters. The number of carbonyl (C=O) groups excluding carboxylic acids is 2. The maximum atomic E-state index is 12.5. The van der Waals surface area contributed by atoms with Gasteiger partial charge in [-0.15, -0.1) is 0 Å². The van der Waals surface area contributed by atoms with Crippen molar-refractivity contribution >= 4 is 21.7 Å². The molecule has 2 amide bonds. The fraction of sp³-hybridized carbons (Fsp3) is 0.529. The third-order valence-electron chi connectivity index (χ3n) is 4.03. The Labute approximate surface area is 143 Å². The van der Waals surface area contributed by atoms with Crippen molar-refractivity contribution in [2.75, 3.05) is 32.4 Å². The number of carbonyl (C=O) groups is 2. The van der Waals surface area contributed by atoms with Gasteiger partial charge in [-0.05, 0) is 24.3 Å². The van der Waals surface area contributed by atoms with Crippen LogP contribution in [0.1, 0.15) is 31.1 Å². The van der Waals surface area contributed by atoms with Crippen molar-refractivity contribution in [2.24, 2.45) is 5.41 Å². The minimum Gasteiger partial charge on any atom is -0.339 e. The molecule has 2 rings (SSSR count). The van der Waals surface area contributed by atoms with Crippen molar-refractivity contribution in [3.8, 4) is 0 Å². The van der Waals surface area contributed by atoms with Gasteiger partial charge in [0.1, 0.15) is 0 Å². The van der Waals surface area contributed by atoms with Crippen LogP contribution in [-0.4, -0.2) is 62.5 Å². The third-order valence-corrected chi connectivity index (χ3v) is 5.15. The molecular formula is C17H24N2O4S. The monoisotopic (exact) mass is 352 g/mol. The summed E-state index contributed by atoms with van der Waals surface area (Å²) >= 11 is 0. The zero-order valence-electron chi connectivity index (χ0n) is 14.6. The van der Waals surface area contributed by atoms with E-state index >= 15 is 0 Å². The first-order valence-corrected chi connectivity index (χ1v) is 9.78. The van der Waals surface area contributed by atoms with Crippen LogP contribution >= 0.6 is 0 Å². The Morgan fingerprint density at radius 1 is 0.917 bits per heavy atom. The maximum absolute atomic E-state index is 12.5.